The van der Waals surface area contributed by atoms with E-state index < -0.39 is 10.0 Å². The summed E-state index contributed by atoms with van der Waals surface area (Å²) in [6, 6.07) is 11.4. The predicted octanol–water partition coefficient (Wildman–Crippen LogP) is 3.92. The van der Waals surface area contributed by atoms with Crippen molar-refractivity contribution in [2.45, 2.75) is 10.1 Å². The number of aromatic nitrogens is 1. The number of sulfonamides is 1. The van der Waals surface area contributed by atoms with Gasteiger partial charge < -0.3 is 9.15 Å². The molecular weight excluding hydrogens is 360 g/mol. The molecule has 1 heterocycles. The van der Waals surface area contributed by atoms with Crippen molar-refractivity contribution < 1.29 is 17.6 Å². The molecule has 0 saturated heterocycles. The van der Waals surface area contributed by atoms with Crippen LogP contribution in [0.25, 0.3) is 11.1 Å². The number of thioether (sulfide) groups is 1. The van der Waals surface area contributed by atoms with E-state index in [9.17, 15) is 8.42 Å². The van der Waals surface area contributed by atoms with Crippen LogP contribution < -0.4 is 9.46 Å². The Balaban J connectivity index is 1.92. The highest BCUT2D eigenvalue weighted by atomic mass is 32.2. The van der Waals surface area contributed by atoms with Crippen molar-refractivity contribution in [3.63, 3.8) is 0 Å². The average molecular weight is 376 g/mol. The Bertz CT molecular complexity index is 1010. The van der Waals surface area contributed by atoms with Crippen LogP contribution in [-0.4, -0.2) is 26.3 Å². The minimum absolute atomic E-state index is 0.0967. The lowest BCUT2D eigenvalue weighted by molar-refractivity contribution is 0.417. The zero-order valence-electron chi connectivity index (χ0n) is 13.4. The van der Waals surface area contributed by atoms with Gasteiger partial charge in [0, 0.05) is 5.75 Å². The third kappa shape index (κ3) is 3.80. The van der Waals surface area contributed by atoms with Gasteiger partial charge in [0.1, 0.15) is 11.3 Å². The van der Waals surface area contributed by atoms with Crippen LogP contribution in [0.4, 0.5) is 5.69 Å². The predicted molar refractivity (Wildman–Crippen MR) is 98.7 cm³/mol. The minimum Gasteiger partial charge on any atom is -0.495 e. The van der Waals surface area contributed by atoms with Crippen molar-refractivity contribution in [3.8, 4) is 5.75 Å². The Labute approximate surface area is 150 Å². The molecule has 0 spiro atoms. The number of ether oxygens (including phenoxy) is 1. The SMILES string of the molecule is C=CCSc1nc2cc(S(=O)(=O)Nc3ccccc3OC)ccc2o1. The zero-order valence-corrected chi connectivity index (χ0v) is 15.1. The first-order valence-corrected chi connectivity index (χ1v) is 9.80. The first kappa shape index (κ1) is 17.4. The van der Waals surface area contributed by atoms with Gasteiger partial charge in [-0.05, 0) is 30.3 Å². The van der Waals surface area contributed by atoms with Gasteiger partial charge in [0.05, 0.1) is 17.7 Å². The molecule has 1 N–H and O–H groups in total. The lowest BCUT2D eigenvalue weighted by Crippen LogP contribution is -2.13. The number of hydrogen-bond acceptors (Lipinski definition) is 6. The van der Waals surface area contributed by atoms with E-state index in [1.807, 2.05) is 0 Å². The smallest absolute Gasteiger partial charge is 0.262 e. The van der Waals surface area contributed by atoms with Crippen LogP contribution in [0, 0.1) is 0 Å². The minimum atomic E-state index is -3.78. The summed E-state index contributed by atoms with van der Waals surface area (Å²) in [5, 5.41) is 0.474. The quantitative estimate of drug-likeness (QED) is 0.497. The number of hydrogen-bond donors (Lipinski definition) is 1. The molecule has 2 aromatic carbocycles. The molecule has 8 heteroatoms. The maximum atomic E-state index is 12.6. The van der Waals surface area contributed by atoms with E-state index in [0.29, 0.717) is 33.5 Å². The van der Waals surface area contributed by atoms with Crippen molar-refractivity contribution >= 4 is 38.6 Å². The molecule has 0 bridgehead atoms. The molecule has 0 aliphatic heterocycles. The largest absolute Gasteiger partial charge is 0.495 e. The van der Waals surface area contributed by atoms with Crippen molar-refractivity contribution in [1.82, 2.24) is 4.98 Å². The van der Waals surface area contributed by atoms with Crippen LogP contribution in [0.2, 0.25) is 0 Å². The standard InChI is InChI=1S/C17H16N2O4S2/c1-3-10-24-17-18-14-11-12(8-9-16(14)23-17)25(20,21)19-13-6-4-5-7-15(13)22-2/h3-9,11,19H,1,10H2,2H3. The summed E-state index contributed by atoms with van der Waals surface area (Å²) in [5.74, 6) is 1.10. The highest BCUT2D eigenvalue weighted by molar-refractivity contribution is 7.99. The molecule has 0 saturated carbocycles. The molecule has 0 atom stereocenters. The van der Waals surface area contributed by atoms with Gasteiger partial charge in [-0.3, -0.25) is 4.72 Å². The molecule has 0 amide bonds. The Morgan fingerprint density at radius 1 is 1.32 bits per heavy atom. The van der Waals surface area contributed by atoms with Gasteiger partial charge in [-0.25, -0.2) is 13.4 Å². The Kier molecular flexibility index (Phi) is 5.00. The molecule has 130 valence electrons. The molecule has 3 rings (SSSR count). The Hall–Kier alpha value is -2.45. The second-order valence-electron chi connectivity index (χ2n) is 5.01. The fraction of sp³-hybridized carbons (Fsp3) is 0.118. The maximum absolute atomic E-state index is 12.6. The van der Waals surface area contributed by atoms with Gasteiger partial charge in [-0.15, -0.1) is 6.58 Å². The topological polar surface area (TPSA) is 81.4 Å². The van der Waals surface area contributed by atoms with Gasteiger partial charge in [0.15, 0.2) is 5.58 Å². The third-order valence-electron chi connectivity index (χ3n) is 3.33. The molecule has 1 aromatic heterocycles. The van der Waals surface area contributed by atoms with Crippen molar-refractivity contribution in [2.75, 3.05) is 17.6 Å². The van der Waals surface area contributed by atoms with Crippen LogP contribution in [-0.2, 0) is 10.0 Å². The number of nitrogens with one attached hydrogen (secondary N) is 1. The van der Waals surface area contributed by atoms with Crippen LogP contribution >= 0.6 is 11.8 Å². The molecule has 0 aliphatic rings. The monoisotopic (exact) mass is 376 g/mol. The lowest BCUT2D eigenvalue weighted by atomic mass is 10.3. The van der Waals surface area contributed by atoms with Gasteiger partial charge in [0.25, 0.3) is 15.2 Å². The summed E-state index contributed by atoms with van der Waals surface area (Å²) in [7, 11) is -2.30. The summed E-state index contributed by atoms with van der Waals surface area (Å²) in [5.41, 5.74) is 1.38. The number of methoxy groups -OCH3 is 1. The molecule has 0 fully saturated rings. The summed E-state index contributed by atoms with van der Waals surface area (Å²) < 4.78 is 38.6. The normalized spacial score (nSPS) is 11.4. The molecule has 3 aromatic rings. The van der Waals surface area contributed by atoms with Crippen molar-refractivity contribution in [2.24, 2.45) is 0 Å². The number of nitrogens with zero attached hydrogens (tertiary/aromatic N) is 1. The van der Waals surface area contributed by atoms with Gasteiger partial charge in [0.2, 0.25) is 0 Å². The second-order valence-corrected chi connectivity index (χ2v) is 7.67. The fourth-order valence-electron chi connectivity index (χ4n) is 2.18. The molecule has 6 nitrogen and oxygen atoms in total. The summed E-state index contributed by atoms with van der Waals surface area (Å²) in [6.45, 7) is 3.64. The van der Waals surface area contributed by atoms with Crippen molar-refractivity contribution in [1.29, 1.82) is 0 Å². The van der Waals surface area contributed by atoms with E-state index >= 15 is 0 Å². The van der Waals surface area contributed by atoms with Crippen LogP contribution in [0.1, 0.15) is 0 Å². The number of rotatable bonds is 7. The first-order chi connectivity index (χ1) is 12.0. The van der Waals surface area contributed by atoms with Crippen molar-refractivity contribution in [3.05, 3.63) is 55.1 Å². The van der Waals surface area contributed by atoms with E-state index in [1.54, 1.807) is 36.4 Å². The first-order valence-electron chi connectivity index (χ1n) is 7.33. The Morgan fingerprint density at radius 3 is 2.88 bits per heavy atom. The van der Waals surface area contributed by atoms with Crippen LogP contribution in [0.3, 0.4) is 0 Å². The number of fused-ring (bicyclic) bond motifs is 1. The number of oxazole rings is 1. The van der Waals surface area contributed by atoms with E-state index in [-0.39, 0.29) is 4.90 Å². The number of benzene rings is 2. The number of anilines is 1. The summed E-state index contributed by atoms with van der Waals surface area (Å²) in [4.78, 5) is 4.39. The van der Waals surface area contributed by atoms with Gasteiger partial charge in [-0.1, -0.05) is 30.0 Å². The molecule has 0 aliphatic carbocycles. The lowest BCUT2D eigenvalue weighted by Gasteiger charge is -2.11. The zero-order chi connectivity index (χ0) is 17.9. The highest BCUT2D eigenvalue weighted by Gasteiger charge is 2.18. The molecule has 25 heavy (non-hydrogen) atoms. The van der Waals surface area contributed by atoms with Gasteiger partial charge in [-0.2, -0.15) is 0 Å². The fourth-order valence-corrected chi connectivity index (χ4v) is 3.84. The van der Waals surface area contributed by atoms with E-state index in [0.717, 1.165) is 0 Å². The van der Waals surface area contributed by atoms with E-state index in [2.05, 4.69) is 16.3 Å². The summed E-state index contributed by atoms with van der Waals surface area (Å²) >= 11 is 1.39. The highest BCUT2D eigenvalue weighted by Crippen LogP contribution is 2.28. The second kappa shape index (κ2) is 7.20. The van der Waals surface area contributed by atoms with Crippen LogP contribution in [0.15, 0.2) is 69.7 Å². The summed E-state index contributed by atoms with van der Waals surface area (Å²) in [6.07, 6.45) is 1.74. The Morgan fingerprint density at radius 2 is 2.12 bits per heavy atom. The molecule has 0 radical (unpaired) electrons. The average Bonchev–Trinajstić information content (AvgIpc) is 3.02. The van der Waals surface area contributed by atoms with E-state index in [4.69, 9.17) is 9.15 Å². The van der Waals surface area contributed by atoms with Crippen LogP contribution in [0.5, 0.6) is 5.75 Å². The van der Waals surface area contributed by atoms with Gasteiger partial charge >= 0.3 is 0 Å². The molecular formula is C17H16N2O4S2. The maximum Gasteiger partial charge on any atom is 0.262 e. The number of para-hydroxylation sites is 2. The van der Waals surface area contributed by atoms with E-state index in [1.165, 1.54) is 31.0 Å². The molecule has 0 unspecified atom stereocenters. The third-order valence-corrected chi connectivity index (χ3v) is 5.51.